The summed E-state index contributed by atoms with van der Waals surface area (Å²) >= 11 is 3.73. The van der Waals surface area contributed by atoms with Crippen molar-refractivity contribution >= 4 is 21.6 Å². The Balaban J connectivity index is 2.06. The predicted octanol–water partition coefficient (Wildman–Crippen LogP) is 4.57. The molecule has 112 valence electrons. The molecule has 0 aromatic heterocycles. The van der Waals surface area contributed by atoms with Crippen LogP contribution >= 0.6 is 15.9 Å². The number of halogens is 1. The third-order valence-corrected chi connectivity index (χ3v) is 4.61. The molecule has 0 saturated heterocycles. The summed E-state index contributed by atoms with van der Waals surface area (Å²) in [5, 5.41) is 3.39. The third-order valence-electron chi connectivity index (χ3n) is 3.87. The Labute approximate surface area is 132 Å². The first-order chi connectivity index (χ1) is 9.61. The van der Waals surface area contributed by atoms with Crippen molar-refractivity contribution in [1.29, 1.82) is 0 Å². The highest BCUT2D eigenvalue weighted by molar-refractivity contribution is 9.10. The smallest absolute Gasteiger partial charge is 0.0380 e. The van der Waals surface area contributed by atoms with Gasteiger partial charge in [0.1, 0.15) is 0 Å². The van der Waals surface area contributed by atoms with Crippen molar-refractivity contribution < 1.29 is 0 Å². The Bertz CT molecular complexity index is 427. The number of anilines is 1. The number of hydrogen-bond donors (Lipinski definition) is 1. The van der Waals surface area contributed by atoms with Gasteiger partial charge in [-0.1, -0.05) is 42.8 Å². The molecule has 0 unspecified atom stereocenters. The molecule has 0 radical (unpaired) electrons. The average Bonchev–Trinajstić information content (AvgIpc) is 3.22. The Hall–Kier alpha value is -0.540. The molecule has 1 aromatic rings. The monoisotopic (exact) mass is 338 g/mol. The number of nitrogens with zero attached hydrogens (tertiary/aromatic N) is 1. The topological polar surface area (TPSA) is 15.3 Å². The quantitative estimate of drug-likeness (QED) is 0.746. The lowest BCUT2D eigenvalue weighted by Gasteiger charge is -2.26. The van der Waals surface area contributed by atoms with Gasteiger partial charge in [0.05, 0.1) is 0 Å². The average molecular weight is 339 g/mol. The summed E-state index contributed by atoms with van der Waals surface area (Å²) in [6, 6.07) is 7.62. The van der Waals surface area contributed by atoms with Gasteiger partial charge in [-0.2, -0.15) is 0 Å². The first-order valence-corrected chi connectivity index (χ1v) is 8.67. The summed E-state index contributed by atoms with van der Waals surface area (Å²) in [6.07, 6.45) is 3.98. The zero-order chi connectivity index (χ0) is 14.5. The molecule has 2 nitrogen and oxygen atoms in total. The Morgan fingerprint density at radius 1 is 1.35 bits per heavy atom. The SMILES string of the molecule is CCNCc1ccc(N(CCC(C)C)C2CC2)cc1Br. The first-order valence-electron chi connectivity index (χ1n) is 7.87. The van der Waals surface area contributed by atoms with Crippen LogP contribution in [0.4, 0.5) is 5.69 Å². The maximum atomic E-state index is 3.73. The predicted molar refractivity (Wildman–Crippen MR) is 91.3 cm³/mol. The molecular formula is C17H27BrN2. The van der Waals surface area contributed by atoms with E-state index < -0.39 is 0 Å². The number of benzene rings is 1. The molecule has 0 bridgehead atoms. The van der Waals surface area contributed by atoms with Gasteiger partial charge in [-0.15, -0.1) is 0 Å². The van der Waals surface area contributed by atoms with Crippen LogP contribution in [0.25, 0.3) is 0 Å². The lowest BCUT2D eigenvalue weighted by Crippen LogP contribution is -2.27. The number of nitrogens with one attached hydrogen (secondary N) is 1. The largest absolute Gasteiger partial charge is 0.369 e. The fourth-order valence-corrected chi connectivity index (χ4v) is 2.93. The Kier molecular flexibility index (Phi) is 5.91. The van der Waals surface area contributed by atoms with E-state index in [9.17, 15) is 0 Å². The van der Waals surface area contributed by atoms with E-state index in [2.05, 4.69) is 65.1 Å². The van der Waals surface area contributed by atoms with E-state index in [0.717, 1.165) is 25.0 Å². The minimum atomic E-state index is 0.771. The van der Waals surface area contributed by atoms with E-state index in [-0.39, 0.29) is 0 Å². The van der Waals surface area contributed by atoms with Crippen LogP contribution in [-0.4, -0.2) is 19.1 Å². The second-order valence-corrected chi connectivity index (χ2v) is 7.02. The summed E-state index contributed by atoms with van der Waals surface area (Å²) in [6.45, 7) is 9.88. The van der Waals surface area contributed by atoms with E-state index in [1.165, 1.54) is 41.5 Å². The highest BCUT2D eigenvalue weighted by atomic mass is 79.9. The summed E-state index contributed by atoms with van der Waals surface area (Å²) < 4.78 is 1.23. The molecule has 3 heteroatoms. The molecule has 20 heavy (non-hydrogen) atoms. The van der Waals surface area contributed by atoms with Gasteiger partial charge in [0.25, 0.3) is 0 Å². The van der Waals surface area contributed by atoms with Crippen molar-refractivity contribution in [1.82, 2.24) is 5.32 Å². The highest BCUT2D eigenvalue weighted by Gasteiger charge is 2.29. The van der Waals surface area contributed by atoms with Crippen LogP contribution in [0.5, 0.6) is 0 Å². The molecule has 0 amide bonds. The Morgan fingerprint density at radius 3 is 2.65 bits per heavy atom. The maximum Gasteiger partial charge on any atom is 0.0380 e. The molecule has 1 N–H and O–H groups in total. The van der Waals surface area contributed by atoms with Crippen LogP contribution in [0.1, 0.15) is 45.6 Å². The first kappa shape index (κ1) is 15.8. The molecule has 2 rings (SSSR count). The second kappa shape index (κ2) is 7.46. The van der Waals surface area contributed by atoms with Crippen molar-refractivity contribution in [3.63, 3.8) is 0 Å². The van der Waals surface area contributed by atoms with Gasteiger partial charge in [-0.25, -0.2) is 0 Å². The second-order valence-electron chi connectivity index (χ2n) is 6.16. The molecule has 1 saturated carbocycles. The summed E-state index contributed by atoms with van der Waals surface area (Å²) in [5.74, 6) is 0.771. The van der Waals surface area contributed by atoms with E-state index in [1.807, 2.05) is 0 Å². The van der Waals surface area contributed by atoms with Gasteiger partial charge < -0.3 is 10.2 Å². The van der Waals surface area contributed by atoms with E-state index in [4.69, 9.17) is 0 Å². The van der Waals surface area contributed by atoms with Crippen molar-refractivity contribution in [2.24, 2.45) is 5.92 Å². The van der Waals surface area contributed by atoms with Crippen LogP contribution in [0.3, 0.4) is 0 Å². The van der Waals surface area contributed by atoms with Gasteiger partial charge in [-0.3, -0.25) is 0 Å². The highest BCUT2D eigenvalue weighted by Crippen LogP contribution is 2.34. The molecule has 1 aliphatic rings. The number of rotatable bonds is 8. The third kappa shape index (κ3) is 4.49. The summed E-state index contributed by atoms with van der Waals surface area (Å²) in [4.78, 5) is 2.60. The standard InChI is InChI=1S/C17H27BrN2/c1-4-19-12-14-5-6-16(11-17(14)18)20(15-7-8-15)10-9-13(2)3/h5-6,11,13,15,19H,4,7-10,12H2,1-3H3. The van der Waals surface area contributed by atoms with Crippen molar-refractivity contribution in [3.8, 4) is 0 Å². The molecule has 0 heterocycles. The van der Waals surface area contributed by atoms with Gasteiger partial charge in [0.2, 0.25) is 0 Å². The fourth-order valence-electron chi connectivity index (χ4n) is 2.42. The van der Waals surface area contributed by atoms with Gasteiger partial charge in [0.15, 0.2) is 0 Å². The van der Waals surface area contributed by atoms with E-state index >= 15 is 0 Å². The molecule has 1 aliphatic carbocycles. The molecule has 1 aromatic carbocycles. The van der Waals surface area contributed by atoms with Gasteiger partial charge in [-0.05, 0) is 49.4 Å². The van der Waals surface area contributed by atoms with Crippen molar-refractivity contribution in [2.75, 3.05) is 18.0 Å². The minimum Gasteiger partial charge on any atom is -0.369 e. The van der Waals surface area contributed by atoms with Crippen LogP contribution in [-0.2, 0) is 6.54 Å². The van der Waals surface area contributed by atoms with Crippen molar-refractivity contribution in [2.45, 2.75) is 52.6 Å². The molecule has 1 fully saturated rings. The molecule has 0 atom stereocenters. The Morgan fingerprint density at radius 2 is 2.10 bits per heavy atom. The fraction of sp³-hybridized carbons (Fsp3) is 0.647. The van der Waals surface area contributed by atoms with Crippen LogP contribution in [0, 0.1) is 5.92 Å². The van der Waals surface area contributed by atoms with Crippen molar-refractivity contribution in [3.05, 3.63) is 28.2 Å². The van der Waals surface area contributed by atoms with Crippen LogP contribution < -0.4 is 10.2 Å². The van der Waals surface area contributed by atoms with Crippen LogP contribution in [0.2, 0.25) is 0 Å². The van der Waals surface area contributed by atoms with Crippen LogP contribution in [0.15, 0.2) is 22.7 Å². The van der Waals surface area contributed by atoms with E-state index in [1.54, 1.807) is 0 Å². The summed E-state index contributed by atoms with van der Waals surface area (Å²) in [5.41, 5.74) is 2.72. The molecule has 0 spiro atoms. The zero-order valence-electron chi connectivity index (χ0n) is 13.0. The summed E-state index contributed by atoms with van der Waals surface area (Å²) in [7, 11) is 0. The lowest BCUT2D eigenvalue weighted by atomic mass is 10.1. The number of hydrogen-bond acceptors (Lipinski definition) is 2. The normalized spacial score (nSPS) is 14.8. The van der Waals surface area contributed by atoms with E-state index in [0.29, 0.717) is 0 Å². The van der Waals surface area contributed by atoms with Gasteiger partial charge >= 0.3 is 0 Å². The molecular weight excluding hydrogens is 312 g/mol. The minimum absolute atomic E-state index is 0.771. The zero-order valence-corrected chi connectivity index (χ0v) is 14.5. The van der Waals surface area contributed by atoms with Gasteiger partial charge in [0, 0.05) is 29.3 Å². The lowest BCUT2D eigenvalue weighted by molar-refractivity contribution is 0.570. The molecule has 0 aliphatic heterocycles. The maximum absolute atomic E-state index is 3.73.